The van der Waals surface area contributed by atoms with Crippen molar-refractivity contribution in [1.29, 1.82) is 0 Å². The van der Waals surface area contributed by atoms with Crippen LogP contribution in [0.3, 0.4) is 0 Å². The van der Waals surface area contributed by atoms with Crippen molar-refractivity contribution in [3.8, 4) is 0 Å². The van der Waals surface area contributed by atoms with Gasteiger partial charge in [-0.25, -0.2) is 0 Å². The zero-order valence-corrected chi connectivity index (χ0v) is 17.6. The molecule has 6 N–H and O–H groups in total. The minimum Gasteiger partial charge on any atom is -0.409 e. The summed E-state index contributed by atoms with van der Waals surface area (Å²) in [5.74, 6) is -0.0663. The van der Waals surface area contributed by atoms with E-state index in [9.17, 15) is 9.59 Å². The molecule has 9 heteroatoms. The lowest BCUT2D eigenvalue weighted by Gasteiger charge is -2.30. The molecule has 2 aromatic rings. The van der Waals surface area contributed by atoms with E-state index >= 15 is 0 Å². The van der Waals surface area contributed by atoms with Crippen molar-refractivity contribution in [1.82, 2.24) is 16.0 Å². The number of carbonyl (C=O) groups excluding carboxylic acids is 2. The largest absolute Gasteiger partial charge is 0.409 e. The molecule has 2 amide bonds. The second-order valence-electron chi connectivity index (χ2n) is 7.34. The molecule has 1 fully saturated rings. The fourth-order valence-electron chi connectivity index (χ4n) is 3.51. The Labute approximate surface area is 179 Å². The van der Waals surface area contributed by atoms with Crippen LogP contribution in [0.2, 0.25) is 0 Å². The van der Waals surface area contributed by atoms with Crippen molar-refractivity contribution in [2.75, 3.05) is 6.54 Å². The van der Waals surface area contributed by atoms with Crippen molar-refractivity contribution in [3.05, 3.63) is 57.8 Å². The highest BCUT2D eigenvalue weighted by Crippen LogP contribution is 2.27. The molecule has 8 nitrogen and oxygen atoms in total. The van der Waals surface area contributed by atoms with Gasteiger partial charge >= 0.3 is 0 Å². The van der Waals surface area contributed by atoms with Crippen LogP contribution >= 0.6 is 11.3 Å². The molecule has 0 unspecified atom stereocenters. The Morgan fingerprint density at radius 1 is 1.30 bits per heavy atom. The van der Waals surface area contributed by atoms with Crippen LogP contribution in [0.5, 0.6) is 0 Å². The monoisotopic (exact) mass is 429 g/mol. The zero-order valence-electron chi connectivity index (χ0n) is 16.8. The number of nitrogens with one attached hydrogen (secondary N) is 3. The summed E-state index contributed by atoms with van der Waals surface area (Å²) in [5, 5.41) is 20.5. The van der Waals surface area contributed by atoms with Crippen LogP contribution in [0.1, 0.15) is 41.0 Å². The highest BCUT2D eigenvalue weighted by atomic mass is 32.1. The van der Waals surface area contributed by atoms with Gasteiger partial charge in [-0.1, -0.05) is 35.5 Å². The van der Waals surface area contributed by atoms with E-state index in [4.69, 9.17) is 10.9 Å². The lowest BCUT2D eigenvalue weighted by Crippen LogP contribution is -2.53. The number of nitrogens with two attached hydrogens (primary N) is 1. The van der Waals surface area contributed by atoms with E-state index in [-0.39, 0.29) is 23.7 Å². The van der Waals surface area contributed by atoms with Crippen LogP contribution in [0.4, 0.5) is 0 Å². The van der Waals surface area contributed by atoms with Gasteiger partial charge in [0.05, 0.1) is 17.5 Å². The van der Waals surface area contributed by atoms with Crippen molar-refractivity contribution < 1.29 is 14.8 Å². The van der Waals surface area contributed by atoms with Crippen LogP contribution in [-0.2, 0) is 16.1 Å². The number of thiophene rings is 1. The number of amidine groups is 1. The molecule has 3 rings (SSSR count). The molecule has 1 aliphatic heterocycles. The second-order valence-corrected chi connectivity index (χ2v) is 8.51. The molecule has 1 saturated heterocycles. The fourth-order valence-corrected chi connectivity index (χ4v) is 4.36. The number of nitrogens with zero attached hydrogens (tertiary/aromatic N) is 1. The zero-order chi connectivity index (χ0) is 21.5. The summed E-state index contributed by atoms with van der Waals surface area (Å²) < 4.78 is 0. The van der Waals surface area contributed by atoms with Gasteiger partial charge < -0.3 is 26.9 Å². The van der Waals surface area contributed by atoms with E-state index in [1.54, 1.807) is 19.1 Å². The SMILES string of the molecule is C[C@H](NC(=O)[C@H]1C[C@@H](c2ccccc2)CCN1)C(=O)NCc1ccc(/C(N)=N/O)s1. The summed E-state index contributed by atoms with van der Waals surface area (Å²) in [4.78, 5) is 26.5. The maximum atomic E-state index is 12.7. The van der Waals surface area contributed by atoms with Gasteiger partial charge in [0.15, 0.2) is 5.84 Å². The van der Waals surface area contributed by atoms with E-state index in [2.05, 4.69) is 33.2 Å². The molecule has 0 spiro atoms. The van der Waals surface area contributed by atoms with Gasteiger partial charge in [0.25, 0.3) is 0 Å². The highest BCUT2D eigenvalue weighted by molar-refractivity contribution is 7.14. The summed E-state index contributed by atoms with van der Waals surface area (Å²) in [6.45, 7) is 2.74. The average molecular weight is 430 g/mol. The maximum Gasteiger partial charge on any atom is 0.242 e. The third-order valence-electron chi connectivity index (χ3n) is 5.20. The predicted molar refractivity (Wildman–Crippen MR) is 116 cm³/mol. The Bertz CT molecular complexity index is 899. The number of carbonyl (C=O) groups is 2. The van der Waals surface area contributed by atoms with Gasteiger partial charge in [-0.2, -0.15) is 0 Å². The second kappa shape index (κ2) is 10.2. The number of amides is 2. The standard InChI is InChI=1S/C21H27N5O3S/c1-13(20(27)24-12-16-7-8-18(30-16)19(22)26-29)25-21(28)17-11-15(9-10-23-17)14-5-3-2-4-6-14/h2-8,13,15,17,23,29H,9-12H2,1H3,(H2,22,26)(H,24,27)(H,25,28)/t13-,15-,17+/m0/s1. The van der Waals surface area contributed by atoms with Crippen LogP contribution in [-0.4, -0.2) is 41.5 Å². The molecule has 1 aliphatic rings. The van der Waals surface area contributed by atoms with Crippen LogP contribution in [0.15, 0.2) is 47.6 Å². The molecule has 0 aliphatic carbocycles. The van der Waals surface area contributed by atoms with Crippen molar-refractivity contribution in [3.63, 3.8) is 0 Å². The maximum absolute atomic E-state index is 12.7. The number of rotatable bonds is 7. The summed E-state index contributed by atoms with van der Waals surface area (Å²) in [7, 11) is 0. The minimum atomic E-state index is -0.653. The van der Waals surface area contributed by atoms with Gasteiger partial charge in [0.2, 0.25) is 11.8 Å². The Hall–Kier alpha value is -2.91. The van der Waals surface area contributed by atoms with Crippen LogP contribution in [0, 0.1) is 0 Å². The molecular weight excluding hydrogens is 402 g/mol. The van der Waals surface area contributed by atoms with Gasteiger partial charge in [-0.3, -0.25) is 9.59 Å². The average Bonchev–Trinajstić information content (AvgIpc) is 3.26. The Morgan fingerprint density at radius 2 is 2.07 bits per heavy atom. The van der Waals surface area contributed by atoms with Crippen LogP contribution < -0.4 is 21.7 Å². The molecular formula is C21H27N5O3S. The molecule has 0 saturated carbocycles. The first-order chi connectivity index (χ1) is 14.5. The summed E-state index contributed by atoms with van der Waals surface area (Å²) in [5.41, 5.74) is 6.79. The quantitative estimate of drug-likeness (QED) is 0.197. The first-order valence-corrected chi connectivity index (χ1v) is 10.7. The lowest BCUT2D eigenvalue weighted by molar-refractivity contribution is -0.130. The number of hydrogen-bond acceptors (Lipinski definition) is 6. The Kier molecular flexibility index (Phi) is 7.42. The van der Waals surface area contributed by atoms with E-state index in [0.29, 0.717) is 23.8 Å². The molecule has 1 aromatic carbocycles. The lowest BCUT2D eigenvalue weighted by atomic mass is 9.86. The van der Waals surface area contributed by atoms with Gasteiger partial charge in [0, 0.05) is 4.88 Å². The molecule has 0 radical (unpaired) electrons. The number of hydrogen-bond donors (Lipinski definition) is 5. The third-order valence-corrected chi connectivity index (χ3v) is 6.31. The molecule has 160 valence electrons. The number of piperidine rings is 1. The highest BCUT2D eigenvalue weighted by Gasteiger charge is 2.29. The van der Waals surface area contributed by atoms with E-state index in [1.807, 2.05) is 18.2 Å². The van der Waals surface area contributed by atoms with E-state index < -0.39 is 6.04 Å². The smallest absolute Gasteiger partial charge is 0.242 e. The van der Waals surface area contributed by atoms with Gasteiger partial charge in [-0.15, -0.1) is 11.3 Å². The molecule has 0 bridgehead atoms. The van der Waals surface area contributed by atoms with Crippen LogP contribution in [0.25, 0.3) is 0 Å². The summed E-state index contributed by atoms with van der Waals surface area (Å²) in [6, 6.07) is 12.8. The topological polar surface area (TPSA) is 129 Å². The molecule has 2 heterocycles. The third kappa shape index (κ3) is 5.58. The van der Waals surface area contributed by atoms with Crippen molar-refractivity contribution in [2.24, 2.45) is 10.9 Å². The number of benzene rings is 1. The van der Waals surface area contributed by atoms with Crippen molar-refractivity contribution >= 4 is 29.0 Å². The first kappa shape index (κ1) is 21.8. The van der Waals surface area contributed by atoms with Crippen molar-refractivity contribution in [2.45, 2.75) is 44.3 Å². The Morgan fingerprint density at radius 3 is 2.80 bits per heavy atom. The predicted octanol–water partition coefficient (Wildman–Crippen LogP) is 1.50. The Balaban J connectivity index is 1.48. The number of oxime groups is 1. The van der Waals surface area contributed by atoms with Gasteiger partial charge in [-0.05, 0) is 49.9 Å². The fraction of sp³-hybridized carbons (Fsp3) is 0.381. The van der Waals surface area contributed by atoms with E-state index in [1.165, 1.54) is 16.9 Å². The summed E-state index contributed by atoms with van der Waals surface area (Å²) in [6.07, 6.45) is 1.69. The summed E-state index contributed by atoms with van der Waals surface area (Å²) >= 11 is 1.33. The molecule has 3 atom stereocenters. The normalized spacial score (nSPS) is 20.4. The van der Waals surface area contributed by atoms with E-state index in [0.717, 1.165) is 17.8 Å². The first-order valence-electron chi connectivity index (χ1n) is 9.91. The minimum absolute atomic E-state index is 0.0343. The van der Waals surface area contributed by atoms with Gasteiger partial charge in [0.1, 0.15) is 6.04 Å². The molecule has 1 aromatic heterocycles. The molecule has 30 heavy (non-hydrogen) atoms.